The molecule has 0 saturated carbocycles. The van der Waals surface area contributed by atoms with Gasteiger partial charge in [-0.15, -0.1) is 0 Å². The van der Waals surface area contributed by atoms with Gasteiger partial charge in [0.15, 0.2) is 0 Å². The zero-order valence-electron chi connectivity index (χ0n) is 17.9. The van der Waals surface area contributed by atoms with Crippen molar-refractivity contribution in [2.24, 2.45) is 0 Å². The summed E-state index contributed by atoms with van der Waals surface area (Å²) in [7, 11) is -3.53. The van der Waals surface area contributed by atoms with Crippen LogP contribution >= 0.6 is 7.82 Å². The number of phosphoric acid groups is 1. The van der Waals surface area contributed by atoms with Crippen LogP contribution in [0.3, 0.4) is 0 Å². The molecule has 0 saturated heterocycles. The summed E-state index contributed by atoms with van der Waals surface area (Å²) in [6, 6.07) is 0. The van der Waals surface area contributed by atoms with Crippen molar-refractivity contribution in [1.29, 1.82) is 0 Å². The van der Waals surface area contributed by atoms with Gasteiger partial charge in [0, 0.05) is 19.6 Å². The van der Waals surface area contributed by atoms with Crippen molar-refractivity contribution >= 4 is 7.82 Å². The lowest BCUT2D eigenvalue weighted by molar-refractivity contribution is 0.0878. The molecule has 0 radical (unpaired) electrons. The van der Waals surface area contributed by atoms with Gasteiger partial charge in [-0.2, -0.15) is 0 Å². The second-order valence-electron chi connectivity index (χ2n) is 6.03. The fourth-order valence-corrected chi connectivity index (χ4v) is 3.72. The van der Waals surface area contributed by atoms with Crippen LogP contribution in [0.25, 0.3) is 0 Å². The minimum absolute atomic E-state index is 0.343. The van der Waals surface area contributed by atoms with Crippen LogP contribution < -0.4 is 0 Å². The Kier molecular flexibility index (Phi) is 16.0. The van der Waals surface area contributed by atoms with E-state index in [0.717, 1.165) is 58.9 Å². The number of phosphoric ester groups is 1. The Bertz CT molecular complexity index is 310. The number of hydrogen-bond acceptors (Lipinski definition) is 7. The molecule has 0 aromatic heterocycles. The van der Waals surface area contributed by atoms with E-state index in [-0.39, 0.29) is 0 Å². The molecule has 0 aliphatic rings. The minimum Gasteiger partial charge on any atom is -0.302 e. The Hall–Kier alpha value is -0.0100. The van der Waals surface area contributed by atoms with Crippen LogP contribution in [0.15, 0.2) is 0 Å². The lowest BCUT2D eigenvalue weighted by Crippen LogP contribution is -2.29. The monoisotopic (exact) mass is 395 g/mol. The summed E-state index contributed by atoms with van der Waals surface area (Å²) in [4.78, 5) is 6.66. The van der Waals surface area contributed by atoms with Gasteiger partial charge in [0.1, 0.15) is 0 Å². The SMILES string of the molecule is CCN(CC)CCOP(=O)(OCCN(CC)CC)OCCN(CC)CC. The zero-order chi connectivity index (χ0) is 19.8. The highest BCUT2D eigenvalue weighted by atomic mass is 31.2. The zero-order valence-corrected chi connectivity index (χ0v) is 18.8. The van der Waals surface area contributed by atoms with E-state index in [4.69, 9.17) is 13.6 Å². The maximum absolute atomic E-state index is 13.0. The van der Waals surface area contributed by atoms with Crippen molar-refractivity contribution in [3.63, 3.8) is 0 Å². The largest absolute Gasteiger partial charge is 0.474 e. The minimum atomic E-state index is -3.53. The van der Waals surface area contributed by atoms with Crippen molar-refractivity contribution in [3.8, 4) is 0 Å². The van der Waals surface area contributed by atoms with E-state index in [1.807, 2.05) is 0 Å². The van der Waals surface area contributed by atoms with Crippen LogP contribution in [-0.4, -0.2) is 93.4 Å². The Labute approximate surface area is 161 Å². The highest BCUT2D eigenvalue weighted by Gasteiger charge is 2.27. The Balaban J connectivity index is 4.55. The fraction of sp³-hybridized carbons (Fsp3) is 1.00. The van der Waals surface area contributed by atoms with E-state index >= 15 is 0 Å². The van der Waals surface area contributed by atoms with Crippen molar-refractivity contribution in [3.05, 3.63) is 0 Å². The topological polar surface area (TPSA) is 54.5 Å². The molecule has 0 bridgehead atoms. The molecular weight excluding hydrogens is 353 g/mol. The number of nitrogens with zero attached hydrogens (tertiary/aromatic N) is 3. The first kappa shape index (κ1) is 26.0. The average Bonchev–Trinajstić information content (AvgIpc) is 2.66. The molecule has 8 heteroatoms. The fourth-order valence-electron chi connectivity index (χ4n) is 2.58. The molecule has 26 heavy (non-hydrogen) atoms. The Morgan fingerprint density at radius 3 is 0.962 bits per heavy atom. The quantitative estimate of drug-likeness (QED) is 0.330. The van der Waals surface area contributed by atoms with Crippen LogP contribution in [0.1, 0.15) is 41.5 Å². The van der Waals surface area contributed by atoms with Crippen LogP contribution in [0.2, 0.25) is 0 Å². The molecule has 0 rings (SSSR count). The van der Waals surface area contributed by atoms with Gasteiger partial charge in [0.05, 0.1) is 19.8 Å². The molecular formula is C18H42N3O4P. The van der Waals surface area contributed by atoms with Gasteiger partial charge in [0.2, 0.25) is 0 Å². The van der Waals surface area contributed by atoms with Gasteiger partial charge in [-0.05, 0) is 39.3 Å². The molecule has 0 aliphatic heterocycles. The van der Waals surface area contributed by atoms with Gasteiger partial charge >= 0.3 is 7.82 Å². The van der Waals surface area contributed by atoms with Crippen molar-refractivity contribution in [2.75, 3.05) is 78.7 Å². The normalized spacial score (nSPS) is 12.7. The number of hydrogen-bond donors (Lipinski definition) is 0. The van der Waals surface area contributed by atoms with Gasteiger partial charge in [-0.25, -0.2) is 4.57 Å². The maximum atomic E-state index is 13.0. The van der Waals surface area contributed by atoms with Crippen LogP contribution in [0, 0.1) is 0 Å². The summed E-state index contributed by atoms with van der Waals surface area (Å²) >= 11 is 0. The summed E-state index contributed by atoms with van der Waals surface area (Å²) in [5.41, 5.74) is 0. The predicted molar refractivity (Wildman–Crippen MR) is 109 cm³/mol. The van der Waals surface area contributed by atoms with Crippen LogP contribution in [0.5, 0.6) is 0 Å². The summed E-state index contributed by atoms with van der Waals surface area (Å²) in [5.74, 6) is 0. The van der Waals surface area contributed by atoms with E-state index in [1.165, 1.54) is 0 Å². The summed E-state index contributed by atoms with van der Waals surface area (Å²) in [5, 5.41) is 0. The number of likely N-dealkylation sites (N-methyl/N-ethyl adjacent to an activating group) is 3. The van der Waals surface area contributed by atoms with Crippen molar-refractivity contribution in [1.82, 2.24) is 14.7 Å². The van der Waals surface area contributed by atoms with Crippen molar-refractivity contribution in [2.45, 2.75) is 41.5 Å². The molecule has 158 valence electrons. The lowest BCUT2D eigenvalue weighted by atomic mass is 10.5. The van der Waals surface area contributed by atoms with Crippen molar-refractivity contribution < 1.29 is 18.1 Å². The highest BCUT2D eigenvalue weighted by Crippen LogP contribution is 2.49. The molecule has 0 fully saturated rings. The van der Waals surface area contributed by atoms with E-state index < -0.39 is 7.82 Å². The summed E-state index contributed by atoms with van der Waals surface area (Å²) < 4.78 is 29.7. The Morgan fingerprint density at radius 1 is 0.538 bits per heavy atom. The lowest BCUT2D eigenvalue weighted by Gasteiger charge is -2.24. The third-order valence-electron chi connectivity index (χ3n) is 4.65. The molecule has 0 spiro atoms. The first-order valence-corrected chi connectivity index (χ1v) is 11.6. The van der Waals surface area contributed by atoms with Gasteiger partial charge in [-0.3, -0.25) is 13.6 Å². The standard InChI is InChI=1S/C18H42N3O4P/c1-7-19(8-2)13-16-23-26(22,24-17-14-20(9-3)10-4)25-18-15-21(11-5)12-6/h7-18H2,1-6H3. The van der Waals surface area contributed by atoms with E-state index in [1.54, 1.807) is 0 Å². The van der Waals surface area contributed by atoms with E-state index in [9.17, 15) is 4.57 Å². The number of rotatable bonds is 18. The third kappa shape index (κ3) is 11.7. The molecule has 0 atom stereocenters. The molecule has 0 unspecified atom stereocenters. The molecule has 0 aliphatic carbocycles. The summed E-state index contributed by atoms with van der Waals surface area (Å²) in [6.07, 6.45) is 0. The summed E-state index contributed by atoms with van der Waals surface area (Å²) in [6.45, 7) is 21.4. The molecule has 0 N–H and O–H groups in total. The second kappa shape index (κ2) is 16.0. The average molecular weight is 396 g/mol. The smallest absolute Gasteiger partial charge is 0.302 e. The highest BCUT2D eigenvalue weighted by molar-refractivity contribution is 7.48. The van der Waals surface area contributed by atoms with Gasteiger partial charge in [0.25, 0.3) is 0 Å². The maximum Gasteiger partial charge on any atom is 0.474 e. The van der Waals surface area contributed by atoms with Crippen LogP contribution in [0.4, 0.5) is 0 Å². The van der Waals surface area contributed by atoms with E-state index in [2.05, 4.69) is 56.2 Å². The predicted octanol–water partition coefficient (Wildman–Crippen LogP) is 3.17. The van der Waals surface area contributed by atoms with Crippen LogP contribution in [-0.2, 0) is 18.1 Å². The third-order valence-corrected chi connectivity index (χ3v) is 6.15. The first-order valence-electron chi connectivity index (χ1n) is 10.2. The first-order chi connectivity index (χ1) is 12.5. The molecule has 0 aromatic rings. The molecule has 7 nitrogen and oxygen atoms in total. The molecule has 0 aromatic carbocycles. The second-order valence-corrected chi connectivity index (χ2v) is 7.70. The molecule has 0 heterocycles. The Morgan fingerprint density at radius 2 is 0.769 bits per heavy atom. The molecule has 0 amide bonds. The van der Waals surface area contributed by atoms with E-state index in [0.29, 0.717) is 19.8 Å². The van der Waals surface area contributed by atoms with Gasteiger partial charge < -0.3 is 14.7 Å². The van der Waals surface area contributed by atoms with Gasteiger partial charge in [-0.1, -0.05) is 41.5 Å².